The number of alkyl halides is 3. The molecule has 3 aromatic heterocycles. The molecular formula is C32H27F4N7O3S. The van der Waals surface area contributed by atoms with E-state index in [4.69, 9.17) is 9.47 Å². The number of nitrogens with zero attached hydrogens (tertiary/aromatic N) is 5. The number of benzene rings is 2. The summed E-state index contributed by atoms with van der Waals surface area (Å²) in [6.45, 7) is 4.76. The van der Waals surface area contributed by atoms with E-state index in [-0.39, 0.29) is 39.8 Å². The van der Waals surface area contributed by atoms with Gasteiger partial charge >= 0.3 is 6.18 Å². The standard InChI is InChI=1S/C32H27F4N7O3S/c1-3-29(44)43-10-7-18(8-11-43)40-25-14-21-24(15-27(25)45-2)38-17-39-30(21)41-23-5-4-19(12-22(23)33)46-20-6-9-37-26(13-20)31-42-28(16-47-31)32(34,35)36/h3-6,9,12-18,40H,1,7-8,10-11H2,2H3,(H,38,39,41). The number of fused-ring (bicyclic) bond motifs is 1. The molecular weight excluding hydrogens is 638 g/mol. The summed E-state index contributed by atoms with van der Waals surface area (Å²) in [6.07, 6.45) is 0.965. The summed E-state index contributed by atoms with van der Waals surface area (Å²) < 4.78 is 65.7. The van der Waals surface area contributed by atoms with E-state index in [0.717, 1.165) is 29.6 Å². The molecule has 0 atom stereocenters. The highest BCUT2D eigenvalue weighted by Gasteiger charge is 2.34. The van der Waals surface area contributed by atoms with Crippen LogP contribution in [0.2, 0.25) is 0 Å². The molecule has 2 N–H and O–H groups in total. The van der Waals surface area contributed by atoms with Gasteiger partial charge in [-0.15, -0.1) is 11.3 Å². The highest BCUT2D eigenvalue weighted by molar-refractivity contribution is 7.13. The summed E-state index contributed by atoms with van der Waals surface area (Å²) in [5, 5.41) is 8.15. The third-order valence-corrected chi connectivity index (χ3v) is 8.34. The van der Waals surface area contributed by atoms with Crippen LogP contribution in [0.25, 0.3) is 21.6 Å². The summed E-state index contributed by atoms with van der Waals surface area (Å²) in [6, 6.07) is 10.8. The number of rotatable bonds is 9. The van der Waals surface area contributed by atoms with Gasteiger partial charge < -0.3 is 25.0 Å². The third-order valence-electron chi connectivity index (χ3n) is 7.47. The van der Waals surface area contributed by atoms with Gasteiger partial charge in [-0.05, 0) is 43.2 Å². The van der Waals surface area contributed by atoms with Crippen LogP contribution in [0.5, 0.6) is 17.2 Å². The fourth-order valence-electron chi connectivity index (χ4n) is 5.10. The van der Waals surface area contributed by atoms with Crippen molar-refractivity contribution in [3.63, 3.8) is 0 Å². The second kappa shape index (κ2) is 13.2. The number of nitrogens with one attached hydrogen (secondary N) is 2. The number of aromatic nitrogens is 4. The molecule has 6 rings (SSSR count). The summed E-state index contributed by atoms with van der Waals surface area (Å²) in [5.41, 5.74) is 0.598. The number of carbonyl (C=O) groups is 1. The average Bonchev–Trinajstić information content (AvgIpc) is 3.58. The van der Waals surface area contributed by atoms with Gasteiger partial charge in [0.05, 0.1) is 24.0 Å². The number of anilines is 3. The smallest absolute Gasteiger partial charge is 0.434 e. The van der Waals surface area contributed by atoms with Crippen molar-refractivity contribution in [1.29, 1.82) is 0 Å². The number of hydrogen-bond acceptors (Lipinski definition) is 10. The molecule has 15 heteroatoms. The van der Waals surface area contributed by atoms with Crippen LogP contribution in [0.4, 0.5) is 34.8 Å². The van der Waals surface area contributed by atoms with Gasteiger partial charge in [-0.1, -0.05) is 6.58 Å². The lowest BCUT2D eigenvalue weighted by molar-refractivity contribution is -0.140. The molecule has 1 saturated heterocycles. The Bertz CT molecular complexity index is 1940. The van der Waals surface area contributed by atoms with Crippen molar-refractivity contribution in [3.05, 3.63) is 84.5 Å². The monoisotopic (exact) mass is 665 g/mol. The zero-order valence-corrected chi connectivity index (χ0v) is 25.7. The molecule has 47 heavy (non-hydrogen) atoms. The quantitative estimate of drug-likeness (QED) is 0.123. The van der Waals surface area contributed by atoms with Crippen molar-refractivity contribution in [2.75, 3.05) is 30.8 Å². The maximum atomic E-state index is 15.3. The molecule has 1 amide bonds. The van der Waals surface area contributed by atoms with Crippen molar-refractivity contribution in [2.45, 2.75) is 25.1 Å². The summed E-state index contributed by atoms with van der Waals surface area (Å²) in [4.78, 5) is 30.1. The first-order chi connectivity index (χ1) is 22.6. The molecule has 4 heterocycles. The highest BCUT2D eigenvalue weighted by atomic mass is 32.1. The Balaban J connectivity index is 1.19. The summed E-state index contributed by atoms with van der Waals surface area (Å²) in [7, 11) is 1.56. The van der Waals surface area contributed by atoms with Gasteiger partial charge in [0, 0.05) is 54.3 Å². The molecule has 0 saturated carbocycles. The van der Waals surface area contributed by atoms with E-state index < -0.39 is 17.7 Å². The first-order valence-electron chi connectivity index (χ1n) is 14.4. The van der Waals surface area contributed by atoms with Crippen molar-refractivity contribution in [1.82, 2.24) is 24.8 Å². The highest BCUT2D eigenvalue weighted by Crippen LogP contribution is 2.37. The molecule has 5 aromatic rings. The number of amides is 1. The Morgan fingerprint density at radius 3 is 2.55 bits per heavy atom. The van der Waals surface area contributed by atoms with Crippen LogP contribution in [0, 0.1) is 5.82 Å². The van der Waals surface area contributed by atoms with Crippen LogP contribution in [-0.2, 0) is 11.0 Å². The zero-order valence-electron chi connectivity index (χ0n) is 24.8. The molecule has 10 nitrogen and oxygen atoms in total. The van der Waals surface area contributed by atoms with Gasteiger partial charge in [0.2, 0.25) is 5.91 Å². The molecule has 1 aliphatic rings. The molecule has 0 spiro atoms. The van der Waals surface area contributed by atoms with Crippen LogP contribution in [0.3, 0.4) is 0 Å². The lowest BCUT2D eigenvalue weighted by Crippen LogP contribution is -2.41. The normalized spacial score (nSPS) is 13.8. The van der Waals surface area contributed by atoms with Gasteiger partial charge in [-0.2, -0.15) is 13.2 Å². The van der Waals surface area contributed by atoms with Crippen LogP contribution in [0.15, 0.2) is 73.0 Å². The van der Waals surface area contributed by atoms with E-state index in [2.05, 4.69) is 37.1 Å². The Hall–Kier alpha value is -5.31. The van der Waals surface area contributed by atoms with Gasteiger partial charge in [0.25, 0.3) is 0 Å². The second-order valence-electron chi connectivity index (χ2n) is 10.5. The molecule has 1 aliphatic heterocycles. The largest absolute Gasteiger partial charge is 0.495 e. The van der Waals surface area contributed by atoms with Crippen LogP contribution < -0.4 is 20.1 Å². The van der Waals surface area contributed by atoms with Crippen molar-refractivity contribution in [2.24, 2.45) is 0 Å². The maximum Gasteiger partial charge on any atom is 0.434 e. The topological polar surface area (TPSA) is 114 Å². The number of pyridine rings is 1. The molecule has 0 aliphatic carbocycles. The third kappa shape index (κ3) is 7.09. The zero-order chi connectivity index (χ0) is 33.1. The first-order valence-corrected chi connectivity index (χ1v) is 15.2. The number of thiazole rings is 1. The van der Waals surface area contributed by atoms with E-state index in [1.807, 2.05) is 6.07 Å². The Kier molecular flexibility index (Phi) is 8.89. The minimum absolute atomic E-state index is 0.0759. The fraction of sp³-hybridized carbons (Fsp3) is 0.219. The van der Waals surface area contributed by atoms with E-state index in [9.17, 15) is 18.0 Å². The minimum atomic E-state index is -4.56. The van der Waals surface area contributed by atoms with Crippen molar-refractivity contribution in [3.8, 4) is 28.0 Å². The fourth-order valence-corrected chi connectivity index (χ4v) is 5.89. The van der Waals surface area contributed by atoms with Crippen LogP contribution in [-0.4, -0.2) is 57.0 Å². The SMILES string of the molecule is C=CC(=O)N1CCC(Nc2cc3c(Nc4ccc(Oc5ccnc(-c6nc(C(F)(F)F)cs6)c5)cc4F)ncnc3cc2OC)CC1. The lowest BCUT2D eigenvalue weighted by atomic mass is 10.0. The van der Waals surface area contributed by atoms with E-state index in [1.54, 1.807) is 24.1 Å². The molecule has 1 fully saturated rings. The number of ether oxygens (including phenoxy) is 2. The van der Waals surface area contributed by atoms with Gasteiger partial charge in [-0.25, -0.2) is 19.3 Å². The van der Waals surface area contributed by atoms with E-state index in [0.29, 0.717) is 41.2 Å². The second-order valence-corrected chi connectivity index (χ2v) is 11.4. The minimum Gasteiger partial charge on any atom is -0.495 e. The van der Waals surface area contributed by atoms with Gasteiger partial charge in [0.1, 0.15) is 45.9 Å². The number of halogens is 4. The lowest BCUT2D eigenvalue weighted by Gasteiger charge is -2.32. The Morgan fingerprint density at radius 2 is 1.85 bits per heavy atom. The molecule has 2 aromatic carbocycles. The maximum absolute atomic E-state index is 15.3. The Morgan fingerprint density at radius 1 is 1.06 bits per heavy atom. The number of piperidine rings is 1. The first kappa shape index (κ1) is 31.7. The van der Waals surface area contributed by atoms with E-state index >= 15 is 4.39 Å². The average molecular weight is 666 g/mol. The van der Waals surface area contributed by atoms with Gasteiger partial charge in [-0.3, -0.25) is 9.78 Å². The molecule has 242 valence electrons. The Labute approximate surface area is 270 Å². The van der Waals surface area contributed by atoms with Crippen molar-refractivity contribution >= 4 is 45.3 Å². The number of carbonyl (C=O) groups excluding carboxylic acids is 1. The molecule has 0 unspecified atom stereocenters. The predicted molar refractivity (Wildman–Crippen MR) is 170 cm³/mol. The number of hydrogen-bond donors (Lipinski definition) is 2. The van der Waals surface area contributed by atoms with Gasteiger partial charge in [0.15, 0.2) is 5.69 Å². The van der Waals surface area contributed by atoms with Crippen molar-refractivity contribution < 1.29 is 31.8 Å². The molecule has 0 bridgehead atoms. The van der Waals surface area contributed by atoms with E-state index in [1.165, 1.54) is 42.9 Å². The summed E-state index contributed by atoms with van der Waals surface area (Å²) >= 11 is 0.809. The van der Waals surface area contributed by atoms with Crippen LogP contribution in [0.1, 0.15) is 18.5 Å². The number of methoxy groups -OCH3 is 1. The van der Waals surface area contributed by atoms with Crippen LogP contribution >= 0.6 is 11.3 Å². The molecule has 0 radical (unpaired) electrons. The summed E-state index contributed by atoms with van der Waals surface area (Å²) in [5.74, 6) is 0.619. The predicted octanol–water partition coefficient (Wildman–Crippen LogP) is 7.44. The number of likely N-dealkylation sites (tertiary alicyclic amines) is 1.